The van der Waals surface area contributed by atoms with Crippen molar-refractivity contribution in [2.24, 2.45) is 5.92 Å². The summed E-state index contributed by atoms with van der Waals surface area (Å²) in [5, 5.41) is 39.4. The van der Waals surface area contributed by atoms with Crippen LogP contribution in [-0.2, 0) is 9.59 Å². The summed E-state index contributed by atoms with van der Waals surface area (Å²) in [5.74, 6) is -5.12. The smallest absolute Gasteiger partial charge is 0.332 e. The van der Waals surface area contributed by atoms with Crippen LogP contribution in [-0.4, -0.2) is 46.6 Å². The van der Waals surface area contributed by atoms with E-state index in [4.69, 9.17) is 9.47 Å². The van der Waals surface area contributed by atoms with Crippen LogP contribution in [0.5, 0.6) is 23.0 Å². The van der Waals surface area contributed by atoms with Crippen LogP contribution < -0.4 is 9.47 Å². The van der Waals surface area contributed by atoms with Crippen LogP contribution in [0.15, 0.2) is 35.9 Å². The summed E-state index contributed by atoms with van der Waals surface area (Å²) in [6, 6.07) is 7.11. The molecule has 0 bridgehead atoms. The number of rotatable bonds is 5. The first-order chi connectivity index (χ1) is 13.3. The van der Waals surface area contributed by atoms with Gasteiger partial charge < -0.3 is 29.9 Å². The average Bonchev–Trinajstić information content (AvgIpc) is 2.66. The standard InChI is InChI=1S/C20H18O8/c1-27-15-6-9(3-4-13(15)21)17-11-8-14(22)16(28-2)7-10(11)5-12(19(23)24)18(17)20(25)26/h3-8,17-18,21-22H,1-2H3,(H,23,24)(H,25,26)/t17-,18-/m0/s1. The van der Waals surface area contributed by atoms with Gasteiger partial charge in [-0.05, 0) is 47.0 Å². The Balaban J connectivity index is 2.32. The van der Waals surface area contributed by atoms with Crippen LogP contribution in [0.1, 0.15) is 22.6 Å². The fraction of sp³-hybridized carbons (Fsp3) is 0.200. The SMILES string of the molecule is COc1cc([C@H]2c3cc(O)c(OC)cc3C=C(C(=O)O)[C@@H]2C(=O)O)ccc1O. The van der Waals surface area contributed by atoms with Crippen molar-refractivity contribution in [3.05, 3.63) is 52.6 Å². The van der Waals surface area contributed by atoms with Crippen LogP contribution in [0.4, 0.5) is 0 Å². The minimum atomic E-state index is -1.41. The maximum atomic E-state index is 12.0. The van der Waals surface area contributed by atoms with Crippen molar-refractivity contribution in [2.45, 2.75) is 5.92 Å². The third-order valence-corrected chi connectivity index (χ3v) is 4.77. The average molecular weight is 386 g/mol. The van der Waals surface area contributed by atoms with E-state index < -0.39 is 23.8 Å². The highest BCUT2D eigenvalue weighted by atomic mass is 16.5. The molecule has 0 spiro atoms. The number of fused-ring (bicyclic) bond motifs is 1. The second kappa shape index (κ2) is 7.15. The summed E-state index contributed by atoms with van der Waals surface area (Å²) in [7, 11) is 2.70. The molecule has 8 nitrogen and oxygen atoms in total. The van der Waals surface area contributed by atoms with Crippen LogP contribution in [0.25, 0.3) is 6.08 Å². The first kappa shape index (κ1) is 19.1. The molecular formula is C20H18O8. The molecule has 0 aromatic heterocycles. The zero-order valence-corrected chi connectivity index (χ0v) is 15.0. The normalized spacial score (nSPS) is 18.0. The Labute approximate surface area is 159 Å². The van der Waals surface area contributed by atoms with Gasteiger partial charge in [-0.15, -0.1) is 0 Å². The molecule has 0 saturated heterocycles. The van der Waals surface area contributed by atoms with Gasteiger partial charge in [-0.3, -0.25) is 4.79 Å². The minimum Gasteiger partial charge on any atom is -0.504 e. The summed E-state index contributed by atoms with van der Waals surface area (Å²) in [6.45, 7) is 0. The Morgan fingerprint density at radius 2 is 1.57 bits per heavy atom. The molecule has 0 radical (unpaired) electrons. The van der Waals surface area contributed by atoms with Crippen molar-refractivity contribution in [3.8, 4) is 23.0 Å². The van der Waals surface area contributed by atoms with E-state index in [1.807, 2.05) is 0 Å². The number of carbonyl (C=O) groups is 2. The molecule has 28 heavy (non-hydrogen) atoms. The molecule has 3 rings (SSSR count). The highest BCUT2D eigenvalue weighted by Gasteiger charge is 2.41. The molecule has 146 valence electrons. The van der Waals surface area contributed by atoms with Crippen molar-refractivity contribution in [3.63, 3.8) is 0 Å². The van der Waals surface area contributed by atoms with Crippen molar-refractivity contribution in [1.82, 2.24) is 0 Å². The Morgan fingerprint density at radius 1 is 0.929 bits per heavy atom. The highest BCUT2D eigenvalue weighted by molar-refractivity contribution is 6.00. The molecule has 1 aliphatic carbocycles. The van der Waals surface area contributed by atoms with Gasteiger partial charge >= 0.3 is 11.9 Å². The summed E-state index contributed by atoms with van der Waals surface area (Å²) >= 11 is 0. The van der Waals surface area contributed by atoms with Crippen LogP contribution >= 0.6 is 0 Å². The van der Waals surface area contributed by atoms with Crippen LogP contribution in [0.3, 0.4) is 0 Å². The van der Waals surface area contributed by atoms with Crippen molar-refractivity contribution in [1.29, 1.82) is 0 Å². The summed E-state index contributed by atoms with van der Waals surface area (Å²) < 4.78 is 10.2. The van der Waals surface area contributed by atoms with Crippen LogP contribution in [0.2, 0.25) is 0 Å². The second-order valence-corrected chi connectivity index (χ2v) is 6.28. The molecule has 0 heterocycles. The molecule has 1 aliphatic rings. The van der Waals surface area contributed by atoms with Gasteiger partial charge in [0, 0.05) is 5.92 Å². The van der Waals surface area contributed by atoms with Gasteiger partial charge in [0.15, 0.2) is 23.0 Å². The predicted octanol–water partition coefficient (Wildman–Crippen LogP) is 2.43. The van der Waals surface area contributed by atoms with Gasteiger partial charge in [-0.2, -0.15) is 0 Å². The fourth-order valence-corrected chi connectivity index (χ4v) is 3.50. The second-order valence-electron chi connectivity index (χ2n) is 6.28. The maximum absolute atomic E-state index is 12.0. The first-order valence-corrected chi connectivity index (χ1v) is 8.24. The van der Waals surface area contributed by atoms with E-state index in [9.17, 15) is 30.0 Å². The summed E-state index contributed by atoms with van der Waals surface area (Å²) in [5.41, 5.74) is 0.953. The Hall–Kier alpha value is -3.68. The van der Waals surface area contributed by atoms with E-state index in [1.54, 1.807) is 0 Å². The number of phenolic OH excluding ortho intramolecular Hbond substituents is 2. The fourth-order valence-electron chi connectivity index (χ4n) is 3.50. The van der Waals surface area contributed by atoms with E-state index in [1.165, 1.54) is 50.6 Å². The van der Waals surface area contributed by atoms with E-state index in [-0.39, 0.29) is 28.6 Å². The molecule has 0 aliphatic heterocycles. The number of hydrogen-bond acceptors (Lipinski definition) is 6. The molecule has 2 aromatic rings. The molecule has 2 atom stereocenters. The monoisotopic (exact) mass is 386 g/mol. The minimum absolute atomic E-state index is 0.118. The Morgan fingerprint density at radius 3 is 2.14 bits per heavy atom. The number of aromatic hydroxyl groups is 2. The number of carboxylic acids is 2. The number of methoxy groups -OCH3 is 2. The first-order valence-electron chi connectivity index (χ1n) is 8.24. The molecule has 0 amide bonds. The lowest BCUT2D eigenvalue weighted by molar-refractivity contribution is -0.144. The van der Waals surface area contributed by atoms with Gasteiger partial charge in [-0.1, -0.05) is 6.07 Å². The summed E-state index contributed by atoms with van der Waals surface area (Å²) in [4.78, 5) is 23.8. The molecule has 0 unspecified atom stereocenters. The lowest BCUT2D eigenvalue weighted by atomic mass is 9.71. The Bertz CT molecular complexity index is 992. The van der Waals surface area contributed by atoms with E-state index >= 15 is 0 Å². The number of carboxylic acid groups (broad SMARTS) is 2. The molecule has 0 fully saturated rings. The van der Waals surface area contributed by atoms with E-state index in [0.717, 1.165) is 0 Å². The molecular weight excluding hydrogens is 368 g/mol. The van der Waals surface area contributed by atoms with Crippen molar-refractivity contribution in [2.75, 3.05) is 14.2 Å². The third-order valence-electron chi connectivity index (χ3n) is 4.77. The highest BCUT2D eigenvalue weighted by Crippen LogP contribution is 2.47. The maximum Gasteiger partial charge on any atom is 0.332 e. The zero-order valence-electron chi connectivity index (χ0n) is 15.0. The van der Waals surface area contributed by atoms with E-state index in [0.29, 0.717) is 16.7 Å². The number of hydrogen-bond donors (Lipinski definition) is 4. The van der Waals surface area contributed by atoms with Gasteiger partial charge in [0.25, 0.3) is 0 Å². The third kappa shape index (κ3) is 3.09. The molecule has 8 heteroatoms. The number of aliphatic carboxylic acids is 2. The predicted molar refractivity (Wildman–Crippen MR) is 97.9 cm³/mol. The molecule has 4 N–H and O–H groups in total. The lowest BCUT2D eigenvalue weighted by Gasteiger charge is -2.31. The number of ether oxygens (including phenoxy) is 2. The van der Waals surface area contributed by atoms with Gasteiger partial charge in [0.05, 0.1) is 25.7 Å². The van der Waals surface area contributed by atoms with Crippen molar-refractivity contribution >= 4 is 18.0 Å². The number of phenols is 2. The van der Waals surface area contributed by atoms with Crippen molar-refractivity contribution < 1.29 is 39.5 Å². The number of benzene rings is 2. The zero-order chi connectivity index (χ0) is 20.6. The van der Waals surface area contributed by atoms with Gasteiger partial charge in [0.2, 0.25) is 0 Å². The van der Waals surface area contributed by atoms with Gasteiger partial charge in [-0.25, -0.2) is 4.79 Å². The largest absolute Gasteiger partial charge is 0.504 e. The topological polar surface area (TPSA) is 134 Å². The van der Waals surface area contributed by atoms with Gasteiger partial charge in [0.1, 0.15) is 0 Å². The quantitative estimate of drug-likeness (QED) is 0.616. The van der Waals surface area contributed by atoms with Crippen LogP contribution in [0, 0.1) is 5.92 Å². The van der Waals surface area contributed by atoms with E-state index in [2.05, 4.69) is 0 Å². The lowest BCUT2D eigenvalue weighted by Crippen LogP contribution is -2.31. The molecule has 2 aromatic carbocycles. The summed E-state index contributed by atoms with van der Waals surface area (Å²) in [6.07, 6.45) is 1.27. The molecule has 0 saturated carbocycles. The Kier molecular flexibility index (Phi) is 4.87.